The topological polar surface area (TPSA) is 67.6 Å². The molecular formula is C14H22FN3O2. The van der Waals surface area contributed by atoms with Crippen LogP contribution in [0.1, 0.15) is 23.2 Å². The van der Waals surface area contributed by atoms with Crippen molar-refractivity contribution < 1.29 is 13.9 Å². The number of halogens is 1. The summed E-state index contributed by atoms with van der Waals surface area (Å²) in [6.07, 6.45) is 1.93. The number of unbranched alkanes of at least 4 members (excludes halogenated alkanes) is 1. The normalized spacial score (nSPS) is 10.7. The maximum atomic E-state index is 13.7. The van der Waals surface area contributed by atoms with Gasteiger partial charge in [0, 0.05) is 12.2 Å². The number of benzene rings is 1. The van der Waals surface area contributed by atoms with Crippen LogP contribution in [0.4, 0.5) is 15.8 Å². The van der Waals surface area contributed by atoms with Crippen molar-refractivity contribution in [1.29, 1.82) is 0 Å². The Morgan fingerprint density at radius 1 is 1.40 bits per heavy atom. The zero-order valence-electron chi connectivity index (χ0n) is 12.2. The van der Waals surface area contributed by atoms with Crippen LogP contribution in [0.15, 0.2) is 12.1 Å². The summed E-state index contributed by atoms with van der Waals surface area (Å²) >= 11 is 0. The monoisotopic (exact) mass is 283 g/mol. The number of esters is 1. The molecule has 6 heteroatoms. The van der Waals surface area contributed by atoms with E-state index in [1.54, 1.807) is 0 Å². The molecule has 0 bridgehead atoms. The number of nitrogens with two attached hydrogens (primary N) is 1. The number of hydrogen-bond donors (Lipinski definition) is 2. The van der Waals surface area contributed by atoms with Gasteiger partial charge in [-0.25, -0.2) is 9.18 Å². The van der Waals surface area contributed by atoms with Gasteiger partial charge in [0.15, 0.2) is 0 Å². The highest BCUT2D eigenvalue weighted by atomic mass is 19.1. The number of nitrogen functional groups attached to an aromatic ring is 1. The summed E-state index contributed by atoms with van der Waals surface area (Å²) in [5.74, 6) is -1.04. The molecule has 5 nitrogen and oxygen atoms in total. The van der Waals surface area contributed by atoms with Crippen molar-refractivity contribution in [1.82, 2.24) is 4.90 Å². The molecule has 0 amide bonds. The van der Waals surface area contributed by atoms with Crippen molar-refractivity contribution in [2.75, 3.05) is 45.3 Å². The van der Waals surface area contributed by atoms with Crippen molar-refractivity contribution >= 4 is 17.3 Å². The molecule has 3 N–H and O–H groups in total. The molecular weight excluding hydrogens is 261 g/mol. The van der Waals surface area contributed by atoms with E-state index in [1.165, 1.54) is 13.2 Å². The van der Waals surface area contributed by atoms with Crippen LogP contribution in [0, 0.1) is 5.82 Å². The van der Waals surface area contributed by atoms with Crippen LogP contribution >= 0.6 is 0 Å². The Bertz CT molecular complexity index is 464. The van der Waals surface area contributed by atoms with Gasteiger partial charge in [-0.2, -0.15) is 0 Å². The smallest absolute Gasteiger partial charge is 0.340 e. The molecule has 0 unspecified atom stereocenters. The van der Waals surface area contributed by atoms with E-state index in [1.807, 2.05) is 14.1 Å². The van der Waals surface area contributed by atoms with E-state index < -0.39 is 11.8 Å². The van der Waals surface area contributed by atoms with E-state index in [0.717, 1.165) is 25.5 Å². The minimum absolute atomic E-state index is 0.0764. The highest BCUT2D eigenvalue weighted by molar-refractivity contribution is 5.96. The van der Waals surface area contributed by atoms with Crippen LogP contribution in [-0.4, -0.2) is 45.2 Å². The van der Waals surface area contributed by atoms with Gasteiger partial charge in [-0.3, -0.25) is 0 Å². The molecule has 0 aliphatic carbocycles. The second-order valence-electron chi connectivity index (χ2n) is 4.85. The molecule has 0 aliphatic heterocycles. The Labute approximate surface area is 118 Å². The minimum atomic E-state index is -0.571. The molecule has 0 atom stereocenters. The fourth-order valence-corrected chi connectivity index (χ4v) is 1.79. The number of nitrogens with zero attached hydrogens (tertiary/aromatic N) is 1. The van der Waals surface area contributed by atoms with Crippen molar-refractivity contribution in [3.05, 3.63) is 23.5 Å². The maximum Gasteiger partial charge on any atom is 0.340 e. The van der Waals surface area contributed by atoms with Crippen LogP contribution in [0.25, 0.3) is 0 Å². The third-order valence-corrected chi connectivity index (χ3v) is 2.89. The highest BCUT2D eigenvalue weighted by Gasteiger charge is 2.14. The van der Waals surface area contributed by atoms with Gasteiger partial charge in [-0.15, -0.1) is 0 Å². The molecule has 0 aromatic heterocycles. The van der Waals surface area contributed by atoms with Gasteiger partial charge < -0.3 is 20.7 Å². The zero-order valence-corrected chi connectivity index (χ0v) is 12.2. The summed E-state index contributed by atoms with van der Waals surface area (Å²) in [4.78, 5) is 13.6. The molecule has 0 fully saturated rings. The van der Waals surface area contributed by atoms with Crippen LogP contribution in [0.2, 0.25) is 0 Å². The number of methoxy groups -OCH3 is 1. The second kappa shape index (κ2) is 7.69. The predicted octanol–water partition coefficient (Wildman–Crippen LogP) is 1.95. The molecule has 1 aromatic rings. The number of nitrogens with one attached hydrogen (secondary N) is 1. The SMILES string of the molecule is COC(=O)c1cc(NCCCCN(C)C)c(F)cc1N. The van der Waals surface area contributed by atoms with E-state index in [0.29, 0.717) is 6.54 Å². The van der Waals surface area contributed by atoms with Gasteiger partial charge in [-0.1, -0.05) is 0 Å². The Morgan fingerprint density at radius 3 is 2.70 bits per heavy atom. The largest absolute Gasteiger partial charge is 0.465 e. The first-order valence-electron chi connectivity index (χ1n) is 6.51. The fraction of sp³-hybridized carbons (Fsp3) is 0.500. The van der Waals surface area contributed by atoms with E-state index in [-0.39, 0.29) is 16.9 Å². The summed E-state index contributed by atoms with van der Waals surface area (Å²) in [7, 11) is 5.28. The molecule has 112 valence electrons. The maximum absolute atomic E-state index is 13.7. The number of anilines is 2. The van der Waals surface area contributed by atoms with Gasteiger partial charge in [0.1, 0.15) is 5.82 Å². The average molecular weight is 283 g/mol. The predicted molar refractivity (Wildman–Crippen MR) is 78.4 cm³/mol. The molecule has 1 rings (SSSR count). The fourth-order valence-electron chi connectivity index (χ4n) is 1.79. The number of carbonyl (C=O) groups excluding carboxylic acids is 1. The highest BCUT2D eigenvalue weighted by Crippen LogP contribution is 2.22. The van der Waals surface area contributed by atoms with E-state index in [9.17, 15) is 9.18 Å². The minimum Gasteiger partial charge on any atom is -0.465 e. The molecule has 0 aliphatic rings. The first-order valence-corrected chi connectivity index (χ1v) is 6.51. The van der Waals surface area contributed by atoms with Gasteiger partial charge in [0.05, 0.1) is 18.4 Å². The molecule has 0 heterocycles. The molecule has 20 heavy (non-hydrogen) atoms. The number of ether oxygens (including phenoxy) is 1. The van der Waals surface area contributed by atoms with E-state index in [2.05, 4.69) is 15.0 Å². The van der Waals surface area contributed by atoms with E-state index >= 15 is 0 Å². The van der Waals surface area contributed by atoms with Crippen LogP contribution < -0.4 is 11.1 Å². The average Bonchev–Trinajstić information content (AvgIpc) is 2.39. The Hall–Kier alpha value is -1.82. The standard InChI is InChI=1S/C14H22FN3O2/c1-18(2)7-5-4-6-17-13-8-10(14(19)20-3)12(16)9-11(13)15/h8-9,17H,4-7,16H2,1-3H3. The quantitative estimate of drug-likeness (QED) is 0.455. The first-order chi connectivity index (χ1) is 9.45. The number of hydrogen-bond acceptors (Lipinski definition) is 5. The first kappa shape index (κ1) is 16.2. The number of carbonyl (C=O) groups is 1. The summed E-state index contributed by atoms with van der Waals surface area (Å²) in [6.45, 7) is 1.62. The summed E-state index contributed by atoms with van der Waals surface area (Å²) in [5, 5.41) is 2.98. The zero-order chi connectivity index (χ0) is 15.1. The number of rotatable bonds is 7. The molecule has 0 spiro atoms. The lowest BCUT2D eigenvalue weighted by molar-refractivity contribution is 0.0602. The summed E-state index contributed by atoms with van der Waals surface area (Å²) < 4.78 is 18.3. The van der Waals surface area contributed by atoms with Crippen molar-refractivity contribution in [3.63, 3.8) is 0 Å². The van der Waals surface area contributed by atoms with Crippen molar-refractivity contribution in [2.45, 2.75) is 12.8 Å². The van der Waals surface area contributed by atoms with Crippen LogP contribution in [-0.2, 0) is 4.74 Å². The lowest BCUT2D eigenvalue weighted by Gasteiger charge is -2.12. The van der Waals surface area contributed by atoms with E-state index in [4.69, 9.17) is 5.73 Å². The van der Waals surface area contributed by atoms with Gasteiger partial charge in [-0.05, 0) is 45.6 Å². The van der Waals surface area contributed by atoms with Crippen LogP contribution in [0.3, 0.4) is 0 Å². The van der Waals surface area contributed by atoms with Gasteiger partial charge >= 0.3 is 5.97 Å². The van der Waals surface area contributed by atoms with Gasteiger partial charge in [0.2, 0.25) is 0 Å². The summed E-state index contributed by atoms with van der Waals surface area (Å²) in [5.41, 5.74) is 6.12. The Morgan fingerprint density at radius 2 is 2.10 bits per heavy atom. The lowest BCUT2D eigenvalue weighted by atomic mass is 10.1. The molecule has 0 radical (unpaired) electrons. The molecule has 1 aromatic carbocycles. The van der Waals surface area contributed by atoms with Crippen LogP contribution in [0.5, 0.6) is 0 Å². The van der Waals surface area contributed by atoms with Gasteiger partial charge in [0.25, 0.3) is 0 Å². The van der Waals surface area contributed by atoms with Crippen molar-refractivity contribution in [3.8, 4) is 0 Å². The second-order valence-corrected chi connectivity index (χ2v) is 4.85. The molecule has 0 saturated carbocycles. The summed E-state index contributed by atoms with van der Waals surface area (Å²) in [6, 6.07) is 2.52. The lowest BCUT2D eigenvalue weighted by Crippen LogP contribution is -2.14. The Balaban J connectivity index is 2.63. The Kier molecular flexibility index (Phi) is 6.24. The van der Waals surface area contributed by atoms with Crippen molar-refractivity contribution in [2.24, 2.45) is 0 Å². The third kappa shape index (κ3) is 4.70. The third-order valence-electron chi connectivity index (χ3n) is 2.89. The molecule has 0 saturated heterocycles.